The normalized spacial score (nSPS) is 19.3. The van der Waals surface area contributed by atoms with E-state index in [1.165, 1.54) is 26.0 Å². The predicted octanol–water partition coefficient (Wildman–Crippen LogP) is 2.50. The molecule has 9 nitrogen and oxygen atoms in total. The summed E-state index contributed by atoms with van der Waals surface area (Å²) in [6.07, 6.45) is 3.11. The van der Waals surface area contributed by atoms with Gasteiger partial charge in [-0.05, 0) is 13.3 Å². The van der Waals surface area contributed by atoms with Crippen molar-refractivity contribution in [1.82, 2.24) is 0 Å². The second-order valence-corrected chi connectivity index (χ2v) is 7.14. The molecule has 0 heterocycles. The maximum atomic E-state index is 12.2. The topological polar surface area (TPSA) is 125 Å². The highest BCUT2D eigenvalue weighted by Crippen LogP contribution is 2.34. The Morgan fingerprint density at radius 1 is 1.06 bits per heavy atom. The van der Waals surface area contributed by atoms with Gasteiger partial charge in [-0.3, -0.25) is 19.2 Å². The van der Waals surface area contributed by atoms with Gasteiger partial charge in [0.1, 0.15) is 18.3 Å². The fourth-order valence-electron chi connectivity index (χ4n) is 3.11. The monoisotopic (exact) mass is 440 g/mol. The first-order valence-electron chi connectivity index (χ1n) is 10.5. The van der Waals surface area contributed by atoms with Crippen LogP contribution in [0.1, 0.15) is 66.2 Å². The molecule has 0 aromatic carbocycles. The van der Waals surface area contributed by atoms with E-state index in [9.17, 15) is 24.3 Å². The van der Waals surface area contributed by atoms with Crippen molar-refractivity contribution in [2.24, 2.45) is 0 Å². The summed E-state index contributed by atoms with van der Waals surface area (Å²) in [5, 5.41) is 10.2. The van der Waals surface area contributed by atoms with E-state index in [1.807, 2.05) is 0 Å². The number of aliphatic hydroxyl groups is 1. The van der Waals surface area contributed by atoms with Crippen molar-refractivity contribution in [3.05, 3.63) is 23.5 Å². The third-order valence-corrected chi connectivity index (χ3v) is 4.40. The second kappa shape index (κ2) is 13.6. The molecule has 3 atom stereocenters. The lowest BCUT2D eigenvalue weighted by Crippen LogP contribution is -2.31. The summed E-state index contributed by atoms with van der Waals surface area (Å²) in [7, 11) is 0. The van der Waals surface area contributed by atoms with Crippen LogP contribution in [-0.2, 0) is 38.1 Å². The standard InChI is InChI=1S/C22H32O9/c1-5-7-8-9-16(25)10-11-17-18(31-21(27)13-20(26)28-6-2)12-19(29-14(3)23)22(17)30-15(4)24/h10-11,16,19,22,25H,5-9,12-13H2,1-4H3/t16?,19-,22-/m0/s1. The van der Waals surface area contributed by atoms with Crippen LogP contribution in [0.25, 0.3) is 0 Å². The zero-order valence-corrected chi connectivity index (χ0v) is 18.5. The fraction of sp³-hybridized carbons (Fsp3) is 0.636. The first kappa shape index (κ1) is 26.4. The van der Waals surface area contributed by atoms with Crippen molar-refractivity contribution in [2.45, 2.75) is 84.5 Å². The molecule has 0 aromatic heterocycles. The van der Waals surface area contributed by atoms with Gasteiger partial charge in [0.15, 0.2) is 6.10 Å². The molecule has 174 valence electrons. The van der Waals surface area contributed by atoms with E-state index in [0.717, 1.165) is 19.3 Å². The smallest absolute Gasteiger partial charge is 0.322 e. The lowest BCUT2D eigenvalue weighted by molar-refractivity contribution is -0.161. The highest BCUT2D eigenvalue weighted by atomic mass is 16.6. The third-order valence-electron chi connectivity index (χ3n) is 4.40. The predicted molar refractivity (Wildman–Crippen MR) is 109 cm³/mol. The van der Waals surface area contributed by atoms with Crippen molar-refractivity contribution in [3.8, 4) is 0 Å². The van der Waals surface area contributed by atoms with Crippen molar-refractivity contribution < 1.29 is 43.2 Å². The van der Waals surface area contributed by atoms with Crippen LogP contribution in [0.4, 0.5) is 0 Å². The van der Waals surface area contributed by atoms with Crippen LogP contribution in [-0.4, -0.2) is 53.9 Å². The molecule has 0 saturated heterocycles. The quantitative estimate of drug-likeness (QED) is 0.211. The minimum atomic E-state index is -1.01. The molecule has 0 spiro atoms. The Morgan fingerprint density at radius 3 is 2.32 bits per heavy atom. The number of hydrogen-bond acceptors (Lipinski definition) is 9. The summed E-state index contributed by atoms with van der Waals surface area (Å²) >= 11 is 0. The van der Waals surface area contributed by atoms with Gasteiger partial charge in [-0.15, -0.1) is 0 Å². The highest BCUT2D eigenvalue weighted by molar-refractivity contribution is 5.91. The molecule has 0 fully saturated rings. The molecule has 31 heavy (non-hydrogen) atoms. The molecule has 1 aliphatic rings. The maximum Gasteiger partial charge on any atom is 0.322 e. The van der Waals surface area contributed by atoms with Crippen LogP contribution in [0.2, 0.25) is 0 Å². The van der Waals surface area contributed by atoms with E-state index in [0.29, 0.717) is 6.42 Å². The van der Waals surface area contributed by atoms with Crippen molar-refractivity contribution in [3.63, 3.8) is 0 Å². The highest BCUT2D eigenvalue weighted by Gasteiger charge is 2.40. The maximum absolute atomic E-state index is 12.2. The molecule has 0 saturated carbocycles. The molecule has 1 aliphatic carbocycles. The Bertz CT molecular complexity index is 708. The fourth-order valence-corrected chi connectivity index (χ4v) is 3.11. The Kier molecular flexibility index (Phi) is 11.6. The van der Waals surface area contributed by atoms with Gasteiger partial charge < -0.3 is 24.1 Å². The Hall–Kier alpha value is -2.68. The molecule has 9 heteroatoms. The van der Waals surface area contributed by atoms with Crippen molar-refractivity contribution in [2.75, 3.05) is 6.61 Å². The summed E-state index contributed by atoms with van der Waals surface area (Å²) in [5.41, 5.74) is 0.285. The minimum Gasteiger partial charge on any atom is -0.466 e. The average Bonchev–Trinajstić information content (AvgIpc) is 2.94. The van der Waals surface area contributed by atoms with Crippen molar-refractivity contribution in [1.29, 1.82) is 0 Å². The summed E-state index contributed by atoms with van der Waals surface area (Å²) in [4.78, 5) is 46.8. The van der Waals surface area contributed by atoms with Crippen LogP contribution in [0.5, 0.6) is 0 Å². The number of unbranched alkanes of at least 4 members (excludes halogenated alkanes) is 2. The summed E-state index contributed by atoms with van der Waals surface area (Å²) in [5.74, 6) is -2.70. The van der Waals surface area contributed by atoms with Gasteiger partial charge in [-0.1, -0.05) is 38.3 Å². The van der Waals surface area contributed by atoms with E-state index < -0.39 is 48.6 Å². The second-order valence-electron chi connectivity index (χ2n) is 7.14. The van der Waals surface area contributed by atoms with E-state index in [2.05, 4.69) is 6.92 Å². The lowest BCUT2D eigenvalue weighted by Gasteiger charge is -2.20. The number of carbonyl (C=O) groups excluding carboxylic acids is 4. The zero-order chi connectivity index (χ0) is 23.4. The first-order valence-corrected chi connectivity index (χ1v) is 10.5. The van der Waals surface area contributed by atoms with Crippen LogP contribution in [0.3, 0.4) is 0 Å². The van der Waals surface area contributed by atoms with Gasteiger partial charge in [-0.2, -0.15) is 0 Å². The average molecular weight is 440 g/mol. The van der Waals surface area contributed by atoms with E-state index >= 15 is 0 Å². The van der Waals surface area contributed by atoms with Crippen LogP contribution in [0, 0.1) is 0 Å². The molecule has 0 amide bonds. The molecule has 0 aromatic rings. The Morgan fingerprint density at radius 2 is 1.74 bits per heavy atom. The van der Waals surface area contributed by atoms with Gasteiger partial charge in [0.05, 0.1) is 12.7 Å². The van der Waals surface area contributed by atoms with E-state index in [4.69, 9.17) is 18.9 Å². The molecule has 1 N–H and O–H groups in total. The number of rotatable bonds is 12. The Labute approximate surface area is 182 Å². The molecular weight excluding hydrogens is 408 g/mol. The first-order chi connectivity index (χ1) is 14.7. The van der Waals surface area contributed by atoms with Gasteiger partial charge >= 0.3 is 23.9 Å². The summed E-state index contributed by atoms with van der Waals surface area (Å²) in [6.45, 7) is 6.22. The number of aliphatic hydroxyl groups excluding tert-OH is 1. The number of hydrogen-bond donors (Lipinski definition) is 1. The largest absolute Gasteiger partial charge is 0.466 e. The molecule has 0 radical (unpaired) electrons. The molecular formula is C22H32O9. The van der Waals surface area contributed by atoms with Gasteiger partial charge in [-0.25, -0.2) is 0 Å². The molecule has 0 aliphatic heterocycles. The van der Waals surface area contributed by atoms with Gasteiger partial charge in [0, 0.05) is 25.8 Å². The number of carbonyl (C=O) groups is 4. The van der Waals surface area contributed by atoms with Gasteiger partial charge in [0.2, 0.25) is 0 Å². The van der Waals surface area contributed by atoms with Crippen LogP contribution in [0.15, 0.2) is 23.5 Å². The Balaban J connectivity index is 3.10. The number of ether oxygens (including phenoxy) is 4. The summed E-state index contributed by atoms with van der Waals surface area (Å²) < 4.78 is 20.6. The number of esters is 4. The van der Waals surface area contributed by atoms with Crippen LogP contribution >= 0.6 is 0 Å². The SMILES string of the molecule is CCCCCC(O)C=CC1=C(OC(=O)CC(=O)OCC)C[C@H](OC(C)=O)[C@H]1OC(C)=O. The minimum absolute atomic E-state index is 0.0301. The third kappa shape index (κ3) is 9.78. The molecule has 0 bridgehead atoms. The van der Waals surface area contributed by atoms with E-state index in [-0.39, 0.29) is 24.4 Å². The van der Waals surface area contributed by atoms with E-state index in [1.54, 1.807) is 6.92 Å². The van der Waals surface area contributed by atoms with Crippen LogP contribution < -0.4 is 0 Å². The molecule has 1 rings (SSSR count). The van der Waals surface area contributed by atoms with Gasteiger partial charge in [0.25, 0.3) is 0 Å². The van der Waals surface area contributed by atoms with Crippen molar-refractivity contribution >= 4 is 23.9 Å². The molecule has 1 unspecified atom stereocenters. The zero-order valence-electron chi connectivity index (χ0n) is 18.5. The lowest BCUT2D eigenvalue weighted by atomic mass is 10.1. The summed E-state index contributed by atoms with van der Waals surface area (Å²) in [6, 6.07) is 0.